The van der Waals surface area contributed by atoms with Crippen molar-refractivity contribution in [3.8, 4) is 0 Å². The van der Waals surface area contributed by atoms with Crippen LogP contribution in [0.4, 0.5) is 0 Å². The molecule has 1 aliphatic rings. The van der Waals surface area contributed by atoms with Crippen molar-refractivity contribution >= 4 is 0 Å². The average Bonchev–Trinajstić information content (AvgIpc) is 2.67. The Hall–Kier alpha value is -0.970. The Morgan fingerprint density at radius 3 is 2.92 bits per heavy atom. The van der Waals surface area contributed by atoms with Crippen LogP contribution < -0.4 is 5.73 Å². The summed E-state index contributed by atoms with van der Waals surface area (Å²) >= 11 is 0. The molecular formula is C7H13N5. The van der Waals surface area contributed by atoms with E-state index >= 15 is 0 Å². The maximum absolute atomic E-state index is 6.04. The van der Waals surface area contributed by atoms with E-state index in [1.165, 1.54) is 12.8 Å². The van der Waals surface area contributed by atoms with Crippen LogP contribution in [0.25, 0.3) is 0 Å². The van der Waals surface area contributed by atoms with Crippen LogP contribution in [0.3, 0.4) is 0 Å². The van der Waals surface area contributed by atoms with Crippen molar-refractivity contribution in [3.05, 3.63) is 5.82 Å². The van der Waals surface area contributed by atoms with E-state index in [1.807, 2.05) is 6.92 Å². The molecule has 1 aromatic heterocycles. The zero-order chi connectivity index (χ0) is 8.60. The first-order valence-corrected chi connectivity index (χ1v) is 4.21. The van der Waals surface area contributed by atoms with Crippen molar-refractivity contribution in [2.45, 2.75) is 31.7 Å². The molecule has 1 unspecified atom stereocenters. The number of rotatable bonds is 3. The van der Waals surface area contributed by atoms with Crippen molar-refractivity contribution in [2.75, 3.05) is 0 Å². The van der Waals surface area contributed by atoms with E-state index in [-0.39, 0.29) is 0 Å². The van der Waals surface area contributed by atoms with E-state index in [0.29, 0.717) is 5.82 Å². The van der Waals surface area contributed by atoms with Gasteiger partial charge in [0.25, 0.3) is 0 Å². The first kappa shape index (κ1) is 7.67. The summed E-state index contributed by atoms with van der Waals surface area (Å²) in [7, 11) is 0. The van der Waals surface area contributed by atoms with Crippen LogP contribution in [0.1, 0.15) is 32.0 Å². The molecule has 1 heterocycles. The molecule has 0 amide bonds. The van der Waals surface area contributed by atoms with Crippen molar-refractivity contribution in [1.29, 1.82) is 0 Å². The van der Waals surface area contributed by atoms with Gasteiger partial charge >= 0.3 is 0 Å². The number of tetrazole rings is 1. The van der Waals surface area contributed by atoms with Gasteiger partial charge in [0, 0.05) is 0 Å². The van der Waals surface area contributed by atoms with Crippen LogP contribution >= 0.6 is 0 Å². The lowest BCUT2D eigenvalue weighted by Crippen LogP contribution is -2.35. The highest BCUT2D eigenvalue weighted by Gasteiger charge is 2.34. The monoisotopic (exact) mass is 167 g/mol. The minimum atomic E-state index is -0.409. The molecule has 2 rings (SSSR count). The fraction of sp³-hybridized carbons (Fsp3) is 0.857. The Bertz CT molecular complexity index is 249. The highest BCUT2D eigenvalue weighted by molar-refractivity contribution is 5.00. The third-order valence-electron chi connectivity index (χ3n) is 2.27. The number of H-pyrrole nitrogens is 1. The zero-order valence-electron chi connectivity index (χ0n) is 7.12. The molecule has 0 spiro atoms. The second-order valence-corrected chi connectivity index (χ2v) is 3.80. The smallest absolute Gasteiger partial charge is 0.194 e. The minimum absolute atomic E-state index is 0.409. The van der Waals surface area contributed by atoms with Gasteiger partial charge in [0.2, 0.25) is 0 Å². The molecule has 1 fully saturated rings. The summed E-state index contributed by atoms with van der Waals surface area (Å²) in [6.45, 7) is 1.95. The normalized spacial score (nSPS) is 22.2. The van der Waals surface area contributed by atoms with E-state index in [4.69, 9.17) is 5.73 Å². The summed E-state index contributed by atoms with van der Waals surface area (Å²) in [5.74, 6) is 1.40. The number of nitrogens with two attached hydrogens (primary N) is 1. The molecule has 0 aliphatic heterocycles. The van der Waals surface area contributed by atoms with Crippen molar-refractivity contribution < 1.29 is 0 Å². The highest BCUT2D eigenvalue weighted by atomic mass is 15.5. The first-order valence-electron chi connectivity index (χ1n) is 4.21. The molecule has 0 radical (unpaired) electrons. The molecule has 12 heavy (non-hydrogen) atoms. The molecular weight excluding hydrogens is 154 g/mol. The Labute approximate surface area is 70.7 Å². The van der Waals surface area contributed by atoms with Crippen LogP contribution in [-0.2, 0) is 5.54 Å². The van der Waals surface area contributed by atoms with Gasteiger partial charge < -0.3 is 5.73 Å². The van der Waals surface area contributed by atoms with E-state index in [0.717, 1.165) is 12.3 Å². The summed E-state index contributed by atoms with van der Waals surface area (Å²) < 4.78 is 0. The largest absolute Gasteiger partial charge is 0.319 e. The van der Waals surface area contributed by atoms with Crippen LogP contribution in [0.2, 0.25) is 0 Å². The van der Waals surface area contributed by atoms with E-state index < -0.39 is 5.54 Å². The SMILES string of the molecule is CC(N)(CC1CC1)c1nn[nH]n1. The predicted molar refractivity (Wildman–Crippen MR) is 43.1 cm³/mol. The van der Waals surface area contributed by atoms with Gasteiger partial charge in [-0.15, -0.1) is 10.2 Å². The second kappa shape index (κ2) is 2.52. The molecule has 1 atom stereocenters. The Kier molecular flexibility index (Phi) is 1.61. The van der Waals surface area contributed by atoms with Crippen molar-refractivity contribution in [1.82, 2.24) is 20.6 Å². The molecule has 0 aromatic carbocycles. The quantitative estimate of drug-likeness (QED) is 0.672. The maximum Gasteiger partial charge on any atom is 0.194 e. The molecule has 5 nitrogen and oxygen atoms in total. The lowest BCUT2D eigenvalue weighted by Gasteiger charge is -2.19. The summed E-state index contributed by atoms with van der Waals surface area (Å²) in [5.41, 5.74) is 5.63. The van der Waals surface area contributed by atoms with Crippen molar-refractivity contribution in [2.24, 2.45) is 11.7 Å². The Balaban J connectivity index is 2.08. The number of aromatic nitrogens is 4. The Morgan fingerprint density at radius 2 is 2.42 bits per heavy atom. The van der Waals surface area contributed by atoms with Gasteiger partial charge in [0.05, 0.1) is 5.54 Å². The number of hydrogen-bond donors (Lipinski definition) is 2. The third kappa shape index (κ3) is 1.45. The van der Waals surface area contributed by atoms with Gasteiger partial charge in [-0.2, -0.15) is 5.21 Å². The van der Waals surface area contributed by atoms with E-state index in [2.05, 4.69) is 20.6 Å². The molecule has 5 heteroatoms. The summed E-state index contributed by atoms with van der Waals surface area (Å²) in [5, 5.41) is 13.7. The molecule has 1 aromatic rings. The third-order valence-corrected chi connectivity index (χ3v) is 2.27. The molecule has 0 bridgehead atoms. The summed E-state index contributed by atoms with van der Waals surface area (Å²) in [4.78, 5) is 0. The lowest BCUT2D eigenvalue weighted by molar-refractivity contribution is 0.400. The van der Waals surface area contributed by atoms with Crippen LogP contribution in [-0.4, -0.2) is 20.6 Å². The number of nitrogens with zero attached hydrogens (tertiary/aromatic N) is 3. The van der Waals surface area contributed by atoms with E-state index in [1.54, 1.807) is 0 Å². The number of hydrogen-bond acceptors (Lipinski definition) is 4. The second-order valence-electron chi connectivity index (χ2n) is 3.80. The number of nitrogens with one attached hydrogen (secondary N) is 1. The fourth-order valence-corrected chi connectivity index (χ4v) is 1.42. The molecule has 66 valence electrons. The molecule has 3 N–H and O–H groups in total. The molecule has 1 aliphatic carbocycles. The van der Waals surface area contributed by atoms with Crippen LogP contribution in [0.5, 0.6) is 0 Å². The van der Waals surface area contributed by atoms with Gasteiger partial charge in [0.15, 0.2) is 5.82 Å². The fourth-order valence-electron chi connectivity index (χ4n) is 1.42. The van der Waals surface area contributed by atoms with Gasteiger partial charge in [-0.25, -0.2) is 0 Å². The van der Waals surface area contributed by atoms with Crippen LogP contribution in [0, 0.1) is 5.92 Å². The van der Waals surface area contributed by atoms with Gasteiger partial charge in [-0.1, -0.05) is 18.1 Å². The highest BCUT2D eigenvalue weighted by Crippen LogP contribution is 2.38. The molecule has 1 saturated carbocycles. The standard InChI is InChI=1S/C7H13N5/c1-7(8,4-5-2-3-5)6-9-11-12-10-6/h5H,2-4,8H2,1H3,(H,9,10,11,12). The van der Waals surface area contributed by atoms with Gasteiger partial charge in [0.1, 0.15) is 0 Å². The zero-order valence-corrected chi connectivity index (χ0v) is 7.12. The lowest BCUT2D eigenvalue weighted by atomic mass is 9.95. The van der Waals surface area contributed by atoms with Gasteiger partial charge in [-0.05, 0) is 19.3 Å². The van der Waals surface area contributed by atoms with Crippen molar-refractivity contribution in [3.63, 3.8) is 0 Å². The maximum atomic E-state index is 6.04. The minimum Gasteiger partial charge on any atom is -0.319 e. The summed E-state index contributed by atoms with van der Waals surface area (Å²) in [6, 6.07) is 0. The number of aromatic amines is 1. The molecule has 0 saturated heterocycles. The average molecular weight is 167 g/mol. The predicted octanol–water partition coefficient (Wildman–Crippen LogP) is 0.174. The summed E-state index contributed by atoms with van der Waals surface area (Å²) in [6.07, 6.45) is 3.56. The van der Waals surface area contributed by atoms with Gasteiger partial charge in [-0.3, -0.25) is 0 Å². The van der Waals surface area contributed by atoms with E-state index in [9.17, 15) is 0 Å². The topological polar surface area (TPSA) is 80.5 Å². The van der Waals surface area contributed by atoms with Crippen LogP contribution in [0.15, 0.2) is 0 Å². The Morgan fingerprint density at radius 1 is 1.67 bits per heavy atom. The first-order chi connectivity index (χ1) is 5.68.